The first kappa shape index (κ1) is 23.6. The van der Waals surface area contributed by atoms with Gasteiger partial charge in [-0.05, 0) is 6.42 Å². The number of hydrogen-bond acceptors (Lipinski definition) is 1. The molecule has 1 rings (SSSR count). The van der Waals surface area contributed by atoms with Gasteiger partial charge in [-0.1, -0.05) is 115 Å². The van der Waals surface area contributed by atoms with Crippen LogP contribution in [0.2, 0.25) is 0 Å². The molecule has 27 heavy (non-hydrogen) atoms. The van der Waals surface area contributed by atoms with Gasteiger partial charge < -0.3 is 5.53 Å². The second-order valence-corrected chi connectivity index (χ2v) is 7.93. The predicted molar refractivity (Wildman–Crippen MR) is 115 cm³/mol. The van der Waals surface area contributed by atoms with Gasteiger partial charge in [0, 0.05) is 12.0 Å². The molecule has 0 N–H and O–H groups in total. The van der Waals surface area contributed by atoms with Crippen LogP contribution >= 0.6 is 0 Å². The Morgan fingerprint density at radius 2 is 1.44 bits per heavy atom. The first-order chi connectivity index (χ1) is 13.3. The Kier molecular flexibility index (Phi) is 14.6. The van der Waals surface area contributed by atoms with Crippen LogP contribution in [0.5, 0.6) is 0 Å². The van der Waals surface area contributed by atoms with Crippen molar-refractivity contribution in [2.75, 3.05) is 0 Å². The van der Waals surface area contributed by atoms with Crippen LogP contribution in [-0.4, -0.2) is 16.8 Å². The molecule has 0 saturated heterocycles. The third-order valence-electron chi connectivity index (χ3n) is 5.55. The Bertz CT molecular complexity index is 501. The summed E-state index contributed by atoms with van der Waals surface area (Å²) in [6.45, 7) is 2.27. The highest BCUT2D eigenvalue weighted by atomic mass is 16.1. The van der Waals surface area contributed by atoms with Crippen molar-refractivity contribution < 1.29 is 9.58 Å². The molecule has 0 heterocycles. The van der Waals surface area contributed by atoms with Gasteiger partial charge in [-0.25, -0.2) is 0 Å². The molecule has 3 heteroatoms. The van der Waals surface area contributed by atoms with Crippen molar-refractivity contribution in [3.8, 4) is 0 Å². The topological polar surface area (TPSA) is 53.5 Å². The molecule has 152 valence electrons. The molecule has 0 aromatic heterocycles. The van der Waals surface area contributed by atoms with Crippen LogP contribution in [0.25, 0.3) is 5.53 Å². The average molecular weight is 373 g/mol. The van der Waals surface area contributed by atoms with Crippen LogP contribution in [0.4, 0.5) is 0 Å². The number of Topliss-reactive ketones (excluding diaryl/α,β-unsaturated/α-hetero) is 1. The normalized spacial score (nSPS) is 14.7. The van der Waals surface area contributed by atoms with Crippen LogP contribution < -0.4 is 0 Å². The van der Waals surface area contributed by atoms with Gasteiger partial charge >= 0.3 is 0 Å². The molecule has 0 radical (unpaired) electrons. The van der Waals surface area contributed by atoms with Crippen molar-refractivity contribution in [3.05, 3.63) is 29.3 Å². The van der Waals surface area contributed by atoms with Crippen LogP contribution in [0.15, 0.2) is 23.8 Å². The average Bonchev–Trinajstić information content (AvgIpc) is 2.68. The first-order valence-electron chi connectivity index (χ1n) is 11.4. The lowest BCUT2D eigenvalue weighted by molar-refractivity contribution is -0.115. The summed E-state index contributed by atoms with van der Waals surface area (Å²) in [7, 11) is 0. The van der Waals surface area contributed by atoms with Gasteiger partial charge in [0.1, 0.15) is 0 Å². The van der Waals surface area contributed by atoms with E-state index in [0.29, 0.717) is 6.42 Å². The van der Waals surface area contributed by atoms with Crippen LogP contribution in [-0.2, 0) is 4.79 Å². The number of carbonyl (C=O) groups is 1. The maximum absolute atomic E-state index is 12.0. The van der Waals surface area contributed by atoms with Crippen molar-refractivity contribution >= 4 is 12.0 Å². The number of nitrogens with zero attached hydrogens (tertiary/aromatic N) is 2. The van der Waals surface area contributed by atoms with E-state index in [0.717, 1.165) is 18.4 Å². The van der Waals surface area contributed by atoms with Crippen LogP contribution in [0, 0.1) is 5.92 Å². The zero-order valence-electron chi connectivity index (χ0n) is 17.5. The molecule has 1 aliphatic carbocycles. The monoisotopic (exact) mass is 372 g/mol. The summed E-state index contributed by atoms with van der Waals surface area (Å²) in [4.78, 5) is 15.2. The maximum atomic E-state index is 12.0. The summed E-state index contributed by atoms with van der Waals surface area (Å²) in [6.07, 6.45) is 27.4. The van der Waals surface area contributed by atoms with Crippen molar-refractivity contribution in [3.63, 3.8) is 0 Å². The highest BCUT2D eigenvalue weighted by Crippen LogP contribution is 2.22. The summed E-state index contributed by atoms with van der Waals surface area (Å²) in [5.74, 6) is 0.123. The Hall–Kier alpha value is -1.47. The number of hydrogen-bond donors (Lipinski definition) is 0. The minimum atomic E-state index is -0.0372. The van der Waals surface area contributed by atoms with Crippen LogP contribution in [0.3, 0.4) is 0 Å². The molecule has 3 nitrogen and oxygen atoms in total. The van der Waals surface area contributed by atoms with Crippen molar-refractivity contribution in [2.24, 2.45) is 5.92 Å². The molecule has 0 aliphatic heterocycles. The first-order valence-corrected chi connectivity index (χ1v) is 11.4. The lowest BCUT2D eigenvalue weighted by Gasteiger charge is -2.13. The van der Waals surface area contributed by atoms with Gasteiger partial charge in [0.05, 0.1) is 5.92 Å². The smallest absolute Gasteiger partial charge is 0.264 e. The molecule has 1 atom stereocenters. The standard InChI is InChI=1S/C24H40N2O/c1-2-3-4-5-6-7-8-9-10-11-12-13-14-15-18-22(21-26-25)23-19-16-17-20-24(23)27/h16-17,19,21-22H,2-15,18,20H2,1H3. The molecular weight excluding hydrogens is 332 g/mol. The number of carbonyl (C=O) groups excluding carboxylic acids is 1. The summed E-state index contributed by atoms with van der Waals surface area (Å²) in [5, 5.41) is 0. The van der Waals surface area contributed by atoms with Gasteiger partial charge in [0.2, 0.25) is 0 Å². The maximum Gasteiger partial charge on any atom is 0.264 e. The number of ketones is 1. The van der Waals surface area contributed by atoms with E-state index in [9.17, 15) is 4.79 Å². The summed E-state index contributed by atoms with van der Waals surface area (Å²) in [5.41, 5.74) is 9.68. The third kappa shape index (κ3) is 11.8. The molecular formula is C24H40N2O. The predicted octanol–water partition coefficient (Wildman–Crippen LogP) is 7.23. The fourth-order valence-electron chi connectivity index (χ4n) is 3.84. The molecule has 0 fully saturated rings. The Morgan fingerprint density at radius 3 is 1.93 bits per heavy atom. The largest absolute Gasteiger partial charge is 0.362 e. The highest BCUT2D eigenvalue weighted by Gasteiger charge is 2.22. The molecule has 0 bridgehead atoms. The van der Waals surface area contributed by atoms with Crippen molar-refractivity contribution in [2.45, 2.75) is 110 Å². The van der Waals surface area contributed by atoms with E-state index < -0.39 is 0 Å². The van der Waals surface area contributed by atoms with E-state index in [-0.39, 0.29) is 11.7 Å². The van der Waals surface area contributed by atoms with E-state index in [2.05, 4.69) is 11.7 Å². The minimum Gasteiger partial charge on any atom is -0.362 e. The van der Waals surface area contributed by atoms with E-state index in [1.54, 1.807) is 0 Å². The second kappa shape index (κ2) is 16.7. The second-order valence-electron chi connectivity index (χ2n) is 7.93. The van der Waals surface area contributed by atoms with Gasteiger partial charge in [0.25, 0.3) is 6.21 Å². The van der Waals surface area contributed by atoms with E-state index in [1.165, 1.54) is 89.7 Å². The van der Waals surface area contributed by atoms with Gasteiger partial charge in [-0.2, -0.15) is 4.79 Å². The van der Waals surface area contributed by atoms with Crippen molar-refractivity contribution in [1.29, 1.82) is 0 Å². The Balaban J connectivity index is 1.98. The molecule has 1 unspecified atom stereocenters. The summed E-state index contributed by atoms with van der Waals surface area (Å²) in [6, 6.07) is 0. The molecule has 0 aromatic carbocycles. The zero-order valence-corrected chi connectivity index (χ0v) is 17.5. The fraction of sp³-hybridized carbons (Fsp3) is 0.750. The molecule has 0 amide bonds. The quantitative estimate of drug-likeness (QED) is 0.115. The summed E-state index contributed by atoms with van der Waals surface area (Å²) >= 11 is 0. The van der Waals surface area contributed by atoms with Gasteiger partial charge in [0.15, 0.2) is 5.78 Å². The molecule has 0 spiro atoms. The SMILES string of the molecule is CCCCCCCCCCCCCCCCC(C=[N+]=[N-])C1=CC=CCC1=O. The highest BCUT2D eigenvalue weighted by molar-refractivity contribution is 6.00. The lowest BCUT2D eigenvalue weighted by Crippen LogP contribution is -2.16. The summed E-state index contributed by atoms with van der Waals surface area (Å²) < 4.78 is 0. The van der Waals surface area contributed by atoms with E-state index >= 15 is 0 Å². The minimum absolute atomic E-state index is 0.0372. The molecule has 0 saturated carbocycles. The zero-order chi connectivity index (χ0) is 19.6. The number of allylic oxidation sites excluding steroid dienone is 4. The number of unbranched alkanes of at least 4 members (excludes halogenated alkanes) is 13. The van der Waals surface area contributed by atoms with Crippen molar-refractivity contribution in [1.82, 2.24) is 0 Å². The number of rotatable bonds is 17. The fourth-order valence-corrected chi connectivity index (χ4v) is 3.84. The lowest BCUT2D eigenvalue weighted by atomic mass is 9.88. The van der Waals surface area contributed by atoms with E-state index in [4.69, 9.17) is 5.53 Å². The molecule has 1 aliphatic rings. The van der Waals surface area contributed by atoms with Gasteiger partial charge in [-0.3, -0.25) is 4.79 Å². The van der Waals surface area contributed by atoms with Crippen LogP contribution in [0.1, 0.15) is 110 Å². The Labute approximate surface area is 166 Å². The third-order valence-corrected chi connectivity index (χ3v) is 5.55. The van der Waals surface area contributed by atoms with E-state index in [1.807, 2.05) is 18.2 Å². The Morgan fingerprint density at radius 1 is 0.926 bits per heavy atom. The van der Waals surface area contributed by atoms with Gasteiger partial charge in [-0.15, -0.1) is 0 Å². The molecule has 0 aromatic rings.